The van der Waals surface area contributed by atoms with Crippen LogP contribution >= 0.6 is 0 Å². The molecule has 1 aromatic heterocycles. The molecule has 3 nitrogen and oxygen atoms in total. The van der Waals surface area contributed by atoms with Gasteiger partial charge >= 0.3 is 0 Å². The van der Waals surface area contributed by atoms with E-state index in [0.717, 1.165) is 41.6 Å². The summed E-state index contributed by atoms with van der Waals surface area (Å²) < 4.78 is 26.3. The monoisotopic (exact) mass is 339 g/mol. The summed E-state index contributed by atoms with van der Waals surface area (Å²) in [5.74, 6) is 0.305. The van der Waals surface area contributed by atoms with Gasteiger partial charge in [-0.15, -0.1) is 0 Å². The second kappa shape index (κ2) is 6.26. The third-order valence-corrected chi connectivity index (χ3v) is 5.02. The number of pyridine rings is 1. The number of hydrogen-bond acceptors (Lipinski definition) is 3. The first-order valence-electron chi connectivity index (χ1n) is 8.84. The molecule has 2 aliphatic heterocycles. The van der Waals surface area contributed by atoms with Crippen molar-refractivity contribution >= 4 is 5.76 Å². The van der Waals surface area contributed by atoms with Crippen LogP contribution in [0.25, 0.3) is 16.9 Å². The van der Waals surface area contributed by atoms with Crippen LogP contribution in [0.4, 0.5) is 4.39 Å². The first kappa shape index (κ1) is 16.3. The number of ether oxygens (including phenoxy) is 2. The maximum Gasteiger partial charge on any atom is 0.137 e. The molecule has 2 aliphatic rings. The topological polar surface area (TPSA) is 31.4 Å². The van der Waals surface area contributed by atoms with Crippen molar-refractivity contribution < 1.29 is 13.9 Å². The summed E-state index contributed by atoms with van der Waals surface area (Å²) in [6.45, 7) is 8.30. The van der Waals surface area contributed by atoms with E-state index >= 15 is 0 Å². The number of nitrogens with zero attached hydrogens (tertiary/aromatic N) is 1. The van der Waals surface area contributed by atoms with Crippen LogP contribution in [0, 0.1) is 12.7 Å². The lowest BCUT2D eigenvalue weighted by Gasteiger charge is -2.26. The minimum Gasteiger partial charge on any atom is -0.492 e. The van der Waals surface area contributed by atoms with Crippen molar-refractivity contribution in [3.8, 4) is 11.1 Å². The third-order valence-electron chi connectivity index (χ3n) is 5.02. The van der Waals surface area contributed by atoms with Gasteiger partial charge in [0.25, 0.3) is 0 Å². The quantitative estimate of drug-likeness (QED) is 0.736. The highest BCUT2D eigenvalue weighted by atomic mass is 19.1. The Kier molecular flexibility index (Phi) is 4.08. The summed E-state index contributed by atoms with van der Waals surface area (Å²) in [6.07, 6.45) is 2.98. The molecule has 130 valence electrons. The van der Waals surface area contributed by atoms with Crippen molar-refractivity contribution in [2.75, 3.05) is 6.61 Å². The van der Waals surface area contributed by atoms with Gasteiger partial charge in [0, 0.05) is 12.0 Å². The number of aromatic nitrogens is 1. The molecule has 0 unspecified atom stereocenters. The Hall–Kier alpha value is -2.20. The molecule has 1 fully saturated rings. The molecule has 4 heteroatoms. The minimum absolute atomic E-state index is 0.00427. The van der Waals surface area contributed by atoms with E-state index in [0.29, 0.717) is 23.6 Å². The molecule has 0 spiro atoms. The average Bonchev–Trinajstić information content (AvgIpc) is 2.97. The molecule has 0 N–H and O–H groups in total. The molecule has 0 radical (unpaired) electrons. The van der Waals surface area contributed by atoms with Crippen LogP contribution in [0.15, 0.2) is 30.8 Å². The van der Waals surface area contributed by atoms with Crippen molar-refractivity contribution in [1.29, 1.82) is 0 Å². The molecule has 2 bridgehead atoms. The Labute approximate surface area is 147 Å². The number of benzene rings is 1. The van der Waals surface area contributed by atoms with E-state index in [1.165, 1.54) is 0 Å². The van der Waals surface area contributed by atoms with E-state index < -0.39 is 0 Å². The molecule has 25 heavy (non-hydrogen) atoms. The Balaban J connectivity index is 1.91. The second-order valence-electron chi connectivity index (χ2n) is 6.79. The van der Waals surface area contributed by atoms with E-state index in [1.807, 2.05) is 32.0 Å². The van der Waals surface area contributed by atoms with Crippen molar-refractivity contribution in [3.05, 3.63) is 59.2 Å². The highest BCUT2D eigenvalue weighted by Crippen LogP contribution is 2.44. The zero-order chi connectivity index (χ0) is 17.6. The highest BCUT2D eigenvalue weighted by molar-refractivity contribution is 5.73. The third kappa shape index (κ3) is 2.85. The summed E-state index contributed by atoms with van der Waals surface area (Å²) in [7, 11) is 0. The number of fused-ring (bicyclic) bond motifs is 4. The number of halogens is 1. The van der Waals surface area contributed by atoms with Crippen LogP contribution < -0.4 is 0 Å². The molecule has 4 rings (SSSR count). The van der Waals surface area contributed by atoms with E-state index in [-0.39, 0.29) is 18.0 Å². The minimum atomic E-state index is -0.208. The molecule has 0 amide bonds. The first-order valence-corrected chi connectivity index (χ1v) is 8.84. The summed E-state index contributed by atoms with van der Waals surface area (Å²) >= 11 is 0. The standard InChI is InChI=1S/C21H22FNO2/c1-4-24-13(3)19-11-16(15-7-5-12(2)9-18(15)22)17-10-14-6-8-20(25-14)21(17)23-19/h5,7,9,11,14,20H,3-4,6,8,10H2,1-2H3/t14-,20+/m1/s1. The Morgan fingerprint density at radius 3 is 2.92 bits per heavy atom. The van der Waals surface area contributed by atoms with Crippen molar-refractivity contribution in [2.45, 2.75) is 45.3 Å². The fourth-order valence-corrected chi connectivity index (χ4v) is 3.83. The van der Waals surface area contributed by atoms with Gasteiger partial charge in [-0.1, -0.05) is 18.7 Å². The fraction of sp³-hybridized carbons (Fsp3) is 0.381. The largest absolute Gasteiger partial charge is 0.492 e. The van der Waals surface area contributed by atoms with Gasteiger partial charge in [-0.3, -0.25) is 0 Å². The maximum absolute atomic E-state index is 14.7. The zero-order valence-electron chi connectivity index (χ0n) is 14.6. The van der Waals surface area contributed by atoms with Gasteiger partial charge in [-0.05, 0) is 55.5 Å². The first-order chi connectivity index (χ1) is 12.1. The maximum atomic E-state index is 14.7. The molecule has 2 atom stereocenters. The van der Waals surface area contributed by atoms with E-state index in [1.54, 1.807) is 6.07 Å². The van der Waals surface area contributed by atoms with Crippen LogP contribution in [0.5, 0.6) is 0 Å². The molecule has 1 saturated heterocycles. The average molecular weight is 339 g/mol. The van der Waals surface area contributed by atoms with Crippen LogP contribution in [0.2, 0.25) is 0 Å². The molecular weight excluding hydrogens is 317 g/mol. The molecule has 0 saturated carbocycles. The predicted molar refractivity (Wildman–Crippen MR) is 95.6 cm³/mol. The van der Waals surface area contributed by atoms with E-state index in [2.05, 4.69) is 6.58 Å². The SMILES string of the molecule is C=C(OCC)c1cc(-c2ccc(C)cc2F)c2c(n1)[C@@H]1CC[C@H](C2)O1. The summed E-state index contributed by atoms with van der Waals surface area (Å²) in [5, 5.41) is 0. The Bertz CT molecular complexity index is 846. The molecule has 0 aliphatic carbocycles. The van der Waals surface area contributed by atoms with Gasteiger partial charge in [-0.25, -0.2) is 9.37 Å². The summed E-state index contributed by atoms with van der Waals surface area (Å²) in [4.78, 5) is 4.77. The molecule has 2 aromatic rings. The fourth-order valence-electron chi connectivity index (χ4n) is 3.83. The summed E-state index contributed by atoms with van der Waals surface area (Å²) in [6, 6.07) is 7.28. The van der Waals surface area contributed by atoms with E-state index in [9.17, 15) is 4.39 Å². The predicted octanol–water partition coefficient (Wildman–Crippen LogP) is 4.98. The normalized spacial score (nSPS) is 21.1. The summed E-state index contributed by atoms with van der Waals surface area (Å²) in [5.41, 5.74) is 5.09. The zero-order valence-corrected chi connectivity index (χ0v) is 14.6. The van der Waals surface area contributed by atoms with Crippen LogP contribution in [0.3, 0.4) is 0 Å². The van der Waals surface area contributed by atoms with Gasteiger partial charge in [-0.2, -0.15) is 0 Å². The lowest BCUT2D eigenvalue weighted by atomic mass is 9.91. The number of aryl methyl sites for hydroxylation is 1. The molecule has 3 heterocycles. The van der Waals surface area contributed by atoms with Crippen molar-refractivity contribution in [3.63, 3.8) is 0 Å². The lowest BCUT2D eigenvalue weighted by Crippen LogP contribution is -2.21. The van der Waals surface area contributed by atoms with Crippen LogP contribution in [0.1, 0.15) is 48.4 Å². The van der Waals surface area contributed by atoms with Gasteiger partial charge in [0.15, 0.2) is 0 Å². The molecular formula is C21H22FNO2. The van der Waals surface area contributed by atoms with Gasteiger partial charge < -0.3 is 9.47 Å². The number of hydrogen-bond donors (Lipinski definition) is 0. The lowest BCUT2D eigenvalue weighted by molar-refractivity contribution is 0.0295. The van der Waals surface area contributed by atoms with Crippen molar-refractivity contribution in [2.24, 2.45) is 0 Å². The van der Waals surface area contributed by atoms with Crippen LogP contribution in [-0.2, 0) is 15.9 Å². The van der Waals surface area contributed by atoms with Gasteiger partial charge in [0.1, 0.15) is 23.4 Å². The highest BCUT2D eigenvalue weighted by Gasteiger charge is 2.37. The van der Waals surface area contributed by atoms with Crippen molar-refractivity contribution in [1.82, 2.24) is 4.98 Å². The Morgan fingerprint density at radius 1 is 1.32 bits per heavy atom. The van der Waals surface area contributed by atoms with Gasteiger partial charge in [0.2, 0.25) is 0 Å². The van der Waals surface area contributed by atoms with E-state index in [4.69, 9.17) is 14.5 Å². The van der Waals surface area contributed by atoms with Crippen LogP contribution in [-0.4, -0.2) is 17.7 Å². The van der Waals surface area contributed by atoms with Gasteiger partial charge in [0.05, 0.1) is 18.4 Å². The number of rotatable bonds is 4. The smallest absolute Gasteiger partial charge is 0.137 e. The second-order valence-corrected chi connectivity index (χ2v) is 6.79. The molecule has 1 aromatic carbocycles. The Morgan fingerprint density at radius 2 is 2.16 bits per heavy atom.